The van der Waals surface area contributed by atoms with Gasteiger partial charge in [-0.15, -0.1) is 10.2 Å². The van der Waals surface area contributed by atoms with E-state index in [9.17, 15) is 13.2 Å². The van der Waals surface area contributed by atoms with Crippen LogP contribution in [0.5, 0.6) is 5.75 Å². The number of hydrogen-bond acceptors (Lipinski definition) is 7. The molecule has 1 N–H and O–H groups in total. The number of carbonyl (C=O) groups is 1. The molecule has 1 aliphatic heterocycles. The topological polar surface area (TPSA) is 101 Å². The number of ether oxygens (including phenoxy) is 1. The van der Waals surface area contributed by atoms with Crippen LogP contribution in [-0.4, -0.2) is 37.2 Å². The lowest BCUT2D eigenvalue weighted by molar-refractivity contribution is -0.122. The second-order valence-electron chi connectivity index (χ2n) is 8.19. The summed E-state index contributed by atoms with van der Waals surface area (Å²) in [4.78, 5) is 13.3. The van der Waals surface area contributed by atoms with E-state index in [0.29, 0.717) is 21.6 Å². The van der Waals surface area contributed by atoms with Gasteiger partial charge in [-0.1, -0.05) is 65.4 Å². The monoisotopic (exact) mass is 506 g/mol. The van der Waals surface area contributed by atoms with E-state index in [1.54, 1.807) is 36.4 Å². The van der Waals surface area contributed by atoms with Crippen LogP contribution < -0.4 is 14.4 Å². The molecule has 1 atom stereocenters. The number of nitrogens with one attached hydrogen (secondary N) is 1. The summed E-state index contributed by atoms with van der Waals surface area (Å²) in [7, 11) is -3.93. The number of rotatable bonds is 5. The summed E-state index contributed by atoms with van der Waals surface area (Å²) in [6.07, 6.45) is -1.08. The Morgan fingerprint density at radius 1 is 1.00 bits per heavy atom. The van der Waals surface area contributed by atoms with Gasteiger partial charge in [-0.3, -0.25) is 14.4 Å². The van der Waals surface area contributed by atoms with Gasteiger partial charge in [0.05, 0.1) is 17.1 Å². The molecule has 35 heavy (non-hydrogen) atoms. The third-order valence-electron chi connectivity index (χ3n) is 5.56. The average Bonchev–Trinajstić information content (AvgIpc) is 3.32. The van der Waals surface area contributed by atoms with E-state index in [1.165, 1.54) is 15.6 Å². The van der Waals surface area contributed by atoms with Gasteiger partial charge in [0.2, 0.25) is 5.13 Å². The normalized spacial score (nSPS) is 15.3. The Balaban J connectivity index is 1.43. The van der Waals surface area contributed by atoms with Crippen molar-refractivity contribution < 1.29 is 17.9 Å². The molecule has 0 unspecified atom stereocenters. The molecule has 8 nitrogen and oxygen atoms in total. The fourth-order valence-corrected chi connectivity index (χ4v) is 5.95. The number of aryl methyl sites for hydroxylation is 2. The Labute approximate surface area is 207 Å². The third kappa shape index (κ3) is 4.62. The van der Waals surface area contributed by atoms with Crippen molar-refractivity contribution in [2.75, 3.05) is 16.2 Å². The second-order valence-corrected chi connectivity index (χ2v) is 11.0. The first-order valence-corrected chi connectivity index (χ1v) is 13.1. The minimum atomic E-state index is -3.93. The first kappa shape index (κ1) is 23.0. The summed E-state index contributed by atoms with van der Waals surface area (Å²) in [6, 6.07) is 21.4. The van der Waals surface area contributed by atoms with Gasteiger partial charge < -0.3 is 4.74 Å². The van der Waals surface area contributed by atoms with Gasteiger partial charge in [0.25, 0.3) is 15.9 Å². The standard InChI is InChI=1S/C25H22N4O4S2/c1-16-8-11-19(12-9-16)35(31,32)29-15-22(33-21-14-17(2)10-13-20(21)29)23(30)26-25-28-27-24(34-25)18-6-4-3-5-7-18/h3-14,22H,15H2,1-2H3,(H,26,28,30)/t22-/m1/s1. The fraction of sp³-hybridized carbons (Fsp3) is 0.160. The number of nitrogens with zero attached hydrogens (tertiary/aromatic N) is 3. The lowest BCUT2D eigenvalue weighted by atomic mass is 10.1. The van der Waals surface area contributed by atoms with Crippen LogP contribution in [0.25, 0.3) is 10.6 Å². The van der Waals surface area contributed by atoms with Crippen LogP contribution in [0.2, 0.25) is 0 Å². The van der Waals surface area contributed by atoms with Gasteiger partial charge in [0.1, 0.15) is 10.8 Å². The Hall–Kier alpha value is -3.76. The molecular weight excluding hydrogens is 484 g/mol. The molecule has 0 bridgehead atoms. The average molecular weight is 507 g/mol. The number of amides is 1. The van der Waals surface area contributed by atoms with Gasteiger partial charge in [-0.25, -0.2) is 8.42 Å². The smallest absolute Gasteiger partial charge is 0.269 e. The van der Waals surface area contributed by atoms with E-state index < -0.39 is 22.0 Å². The number of sulfonamides is 1. The van der Waals surface area contributed by atoms with E-state index in [-0.39, 0.29) is 11.4 Å². The highest BCUT2D eigenvalue weighted by Gasteiger charge is 2.38. The highest BCUT2D eigenvalue weighted by molar-refractivity contribution is 7.92. The number of aromatic nitrogens is 2. The maximum Gasteiger partial charge on any atom is 0.269 e. The molecule has 3 aromatic carbocycles. The first-order chi connectivity index (χ1) is 16.8. The fourth-order valence-electron chi connectivity index (χ4n) is 3.72. The quantitative estimate of drug-likeness (QED) is 0.430. The maximum atomic E-state index is 13.6. The summed E-state index contributed by atoms with van der Waals surface area (Å²) in [5.41, 5.74) is 3.11. The molecular formula is C25H22N4O4S2. The maximum absolute atomic E-state index is 13.6. The largest absolute Gasteiger partial charge is 0.476 e. The minimum Gasteiger partial charge on any atom is -0.476 e. The first-order valence-electron chi connectivity index (χ1n) is 10.9. The van der Waals surface area contributed by atoms with Crippen molar-refractivity contribution in [3.8, 4) is 16.3 Å². The lowest BCUT2D eigenvalue weighted by Crippen LogP contribution is -2.48. The summed E-state index contributed by atoms with van der Waals surface area (Å²) >= 11 is 1.23. The molecule has 5 rings (SSSR count). The zero-order valence-corrected chi connectivity index (χ0v) is 20.6. The molecule has 0 radical (unpaired) electrons. The number of anilines is 2. The Kier molecular flexibility index (Phi) is 6.00. The van der Waals surface area contributed by atoms with Crippen molar-refractivity contribution in [3.05, 3.63) is 83.9 Å². The van der Waals surface area contributed by atoms with E-state index in [2.05, 4.69) is 15.5 Å². The van der Waals surface area contributed by atoms with E-state index in [0.717, 1.165) is 16.7 Å². The summed E-state index contributed by atoms with van der Waals surface area (Å²) < 4.78 is 34.3. The number of benzene rings is 3. The van der Waals surface area contributed by atoms with Gasteiger partial charge >= 0.3 is 0 Å². The zero-order chi connectivity index (χ0) is 24.6. The van der Waals surface area contributed by atoms with E-state index >= 15 is 0 Å². The molecule has 0 saturated heterocycles. The molecule has 1 aromatic heterocycles. The van der Waals surface area contributed by atoms with Gasteiger partial charge in [-0.2, -0.15) is 0 Å². The molecule has 0 spiro atoms. The van der Waals surface area contributed by atoms with E-state index in [1.807, 2.05) is 50.2 Å². The lowest BCUT2D eigenvalue weighted by Gasteiger charge is -2.34. The van der Waals surface area contributed by atoms with Crippen LogP contribution in [0.3, 0.4) is 0 Å². The number of carbonyl (C=O) groups excluding carboxylic acids is 1. The zero-order valence-electron chi connectivity index (χ0n) is 19.0. The second kappa shape index (κ2) is 9.12. The van der Waals surface area contributed by atoms with Crippen molar-refractivity contribution in [1.82, 2.24) is 10.2 Å². The molecule has 1 aliphatic rings. The summed E-state index contributed by atoms with van der Waals surface area (Å²) in [6.45, 7) is 3.58. The molecule has 4 aromatic rings. The highest BCUT2D eigenvalue weighted by atomic mass is 32.2. The highest BCUT2D eigenvalue weighted by Crippen LogP contribution is 2.38. The van der Waals surface area contributed by atoms with Crippen molar-refractivity contribution in [2.45, 2.75) is 24.8 Å². The van der Waals surface area contributed by atoms with Gasteiger partial charge in [0.15, 0.2) is 6.10 Å². The number of hydrogen-bond donors (Lipinski definition) is 1. The van der Waals surface area contributed by atoms with Crippen LogP contribution in [0.4, 0.5) is 10.8 Å². The molecule has 178 valence electrons. The molecule has 10 heteroatoms. The van der Waals surface area contributed by atoms with Crippen LogP contribution >= 0.6 is 11.3 Å². The summed E-state index contributed by atoms with van der Waals surface area (Å²) in [5.74, 6) is -0.175. The molecule has 0 fully saturated rings. The van der Waals surface area contributed by atoms with Gasteiger partial charge in [0, 0.05) is 5.56 Å². The Bertz CT molecular complexity index is 1490. The van der Waals surface area contributed by atoms with Crippen molar-refractivity contribution in [3.63, 3.8) is 0 Å². The predicted molar refractivity (Wildman–Crippen MR) is 135 cm³/mol. The van der Waals surface area contributed by atoms with Crippen molar-refractivity contribution in [2.24, 2.45) is 0 Å². The SMILES string of the molecule is Cc1ccc(S(=O)(=O)N2C[C@H](C(=O)Nc3nnc(-c4ccccc4)s3)Oc3cc(C)ccc32)cc1. The van der Waals surface area contributed by atoms with Gasteiger partial charge in [-0.05, 0) is 43.7 Å². The number of fused-ring (bicyclic) bond motifs is 1. The predicted octanol–water partition coefficient (Wildman–Crippen LogP) is 4.42. The molecule has 1 amide bonds. The van der Waals surface area contributed by atoms with Crippen LogP contribution in [0.15, 0.2) is 77.7 Å². The van der Waals surface area contributed by atoms with Crippen LogP contribution in [-0.2, 0) is 14.8 Å². The van der Waals surface area contributed by atoms with E-state index in [4.69, 9.17) is 4.74 Å². The molecule has 2 heterocycles. The summed E-state index contributed by atoms with van der Waals surface area (Å²) in [5, 5.41) is 11.9. The Morgan fingerprint density at radius 2 is 1.71 bits per heavy atom. The van der Waals surface area contributed by atoms with Crippen LogP contribution in [0, 0.1) is 13.8 Å². The Morgan fingerprint density at radius 3 is 2.46 bits per heavy atom. The minimum absolute atomic E-state index is 0.146. The van der Waals surface area contributed by atoms with Crippen LogP contribution in [0.1, 0.15) is 11.1 Å². The van der Waals surface area contributed by atoms with Crippen molar-refractivity contribution in [1.29, 1.82) is 0 Å². The van der Waals surface area contributed by atoms with Crippen molar-refractivity contribution >= 4 is 38.1 Å². The molecule has 0 saturated carbocycles. The third-order valence-corrected chi connectivity index (χ3v) is 8.24. The molecule has 0 aliphatic carbocycles.